The van der Waals surface area contributed by atoms with E-state index in [0.29, 0.717) is 19.5 Å². The zero-order valence-electron chi connectivity index (χ0n) is 15.3. The molecule has 1 aromatic carbocycles. The molecule has 1 unspecified atom stereocenters. The highest BCUT2D eigenvalue weighted by molar-refractivity contribution is 6.05. The number of benzene rings is 1. The van der Waals surface area contributed by atoms with Gasteiger partial charge in [0.15, 0.2) is 0 Å². The number of methoxy groups -OCH3 is 1. The minimum absolute atomic E-state index is 0.0183. The fourth-order valence-corrected chi connectivity index (χ4v) is 3.52. The van der Waals surface area contributed by atoms with Gasteiger partial charge in [-0.3, -0.25) is 19.4 Å². The van der Waals surface area contributed by atoms with E-state index >= 15 is 0 Å². The van der Waals surface area contributed by atoms with Gasteiger partial charge >= 0.3 is 0 Å². The number of rotatable bonds is 5. The van der Waals surface area contributed by atoms with Gasteiger partial charge in [-0.05, 0) is 18.6 Å². The molecule has 0 aromatic heterocycles. The average Bonchev–Trinajstić information content (AvgIpc) is 2.86. The Kier molecular flexibility index (Phi) is 4.99. The van der Waals surface area contributed by atoms with Gasteiger partial charge in [0.25, 0.3) is 0 Å². The van der Waals surface area contributed by atoms with Gasteiger partial charge in [0, 0.05) is 44.4 Å². The molecule has 0 spiro atoms. The number of hydrogen-bond donors (Lipinski definition) is 0. The SMILES string of the molecule is CCC1(C)CC(=O)N(CN2CCN(c3cccc(OC)c3)CC2)C1=O. The number of piperazine rings is 1. The molecule has 3 rings (SSSR count). The molecule has 0 N–H and O–H groups in total. The summed E-state index contributed by atoms with van der Waals surface area (Å²) in [6.07, 6.45) is 1.05. The molecule has 2 amide bonds. The first-order chi connectivity index (χ1) is 12.0. The fraction of sp³-hybridized carbons (Fsp3) is 0.579. The Labute approximate surface area is 149 Å². The Bertz CT molecular complexity index is 655. The van der Waals surface area contributed by atoms with Crippen LogP contribution in [0.5, 0.6) is 5.75 Å². The highest BCUT2D eigenvalue weighted by Crippen LogP contribution is 2.35. The van der Waals surface area contributed by atoms with Crippen LogP contribution in [0.3, 0.4) is 0 Å². The van der Waals surface area contributed by atoms with Gasteiger partial charge in [-0.25, -0.2) is 0 Å². The number of carbonyl (C=O) groups is 2. The molecule has 136 valence electrons. The number of hydrogen-bond acceptors (Lipinski definition) is 5. The normalized spacial score (nSPS) is 24.9. The maximum Gasteiger partial charge on any atom is 0.236 e. The van der Waals surface area contributed by atoms with Crippen LogP contribution in [-0.2, 0) is 9.59 Å². The quantitative estimate of drug-likeness (QED) is 0.764. The molecule has 2 aliphatic rings. The van der Waals surface area contributed by atoms with Crippen LogP contribution in [0, 0.1) is 5.41 Å². The maximum atomic E-state index is 12.6. The molecule has 1 aromatic rings. The van der Waals surface area contributed by atoms with Crippen molar-refractivity contribution in [1.82, 2.24) is 9.80 Å². The summed E-state index contributed by atoms with van der Waals surface area (Å²) in [7, 11) is 1.67. The van der Waals surface area contributed by atoms with Gasteiger partial charge in [-0.1, -0.05) is 19.9 Å². The predicted molar refractivity (Wildman–Crippen MR) is 96.5 cm³/mol. The Morgan fingerprint density at radius 2 is 1.88 bits per heavy atom. The third-order valence-electron chi connectivity index (χ3n) is 5.52. The highest BCUT2D eigenvalue weighted by atomic mass is 16.5. The molecule has 2 aliphatic heterocycles. The summed E-state index contributed by atoms with van der Waals surface area (Å²) in [5.41, 5.74) is 0.630. The van der Waals surface area contributed by atoms with Gasteiger partial charge in [-0.15, -0.1) is 0 Å². The van der Waals surface area contributed by atoms with E-state index in [0.717, 1.165) is 37.6 Å². The van der Waals surface area contributed by atoms with Crippen LogP contribution in [-0.4, -0.2) is 61.6 Å². The second kappa shape index (κ2) is 7.04. The van der Waals surface area contributed by atoms with Crippen LogP contribution < -0.4 is 9.64 Å². The van der Waals surface area contributed by atoms with E-state index in [1.165, 1.54) is 4.90 Å². The molecule has 6 nitrogen and oxygen atoms in total. The van der Waals surface area contributed by atoms with Crippen molar-refractivity contribution in [3.63, 3.8) is 0 Å². The smallest absolute Gasteiger partial charge is 0.236 e. The molecule has 0 radical (unpaired) electrons. The molecular formula is C19H27N3O3. The first-order valence-electron chi connectivity index (χ1n) is 8.93. The van der Waals surface area contributed by atoms with Crippen molar-refractivity contribution in [3.05, 3.63) is 24.3 Å². The maximum absolute atomic E-state index is 12.6. The zero-order valence-corrected chi connectivity index (χ0v) is 15.3. The third kappa shape index (κ3) is 3.49. The van der Waals surface area contributed by atoms with Crippen molar-refractivity contribution in [2.75, 3.05) is 44.9 Å². The molecule has 0 saturated carbocycles. The van der Waals surface area contributed by atoms with Gasteiger partial charge in [0.1, 0.15) is 5.75 Å². The van der Waals surface area contributed by atoms with Crippen molar-refractivity contribution >= 4 is 17.5 Å². The second-order valence-corrected chi connectivity index (χ2v) is 7.17. The summed E-state index contributed by atoms with van der Waals surface area (Å²) >= 11 is 0. The van der Waals surface area contributed by atoms with E-state index in [9.17, 15) is 9.59 Å². The van der Waals surface area contributed by atoms with E-state index < -0.39 is 5.41 Å². The lowest BCUT2D eigenvalue weighted by Crippen LogP contribution is -2.51. The monoisotopic (exact) mass is 345 g/mol. The lowest BCUT2D eigenvalue weighted by atomic mass is 9.86. The molecule has 1 atom stereocenters. The number of likely N-dealkylation sites (tertiary alicyclic amines) is 1. The van der Waals surface area contributed by atoms with Crippen LogP contribution in [0.25, 0.3) is 0 Å². The highest BCUT2D eigenvalue weighted by Gasteiger charge is 2.47. The molecule has 2 heterocycles. The molecule has 25 heavy (non-hydrogen) atoms. The summed E-state index contributed by atoms with van der Waals surface area (Å²) in [4.78, 5) is 30.7. The number of ether oxygens (including phenoxy) is 1. The molecular weight excluding hydrogens is 318 g/mol. The fourth-order valence-electron chi connectivity index (χ4n) is 3.52. The third-order valence-corrected chi connectivity index (χ3v) is 5.52. The van der Waals surface area contributed by atoms with Gasteiger partial charge in [-0.2, -0.15) is 0 Å². The van der Waals surface area contributed by atoms with Crippen LogP contribution in [0.2, 0.25) is 0 Å². The standard InChI is InChI=1S/C19H27N3O3/c1-4-19(2)13-17(23)22(18(19)24)14-20-8-10-21(11-9-20)15-6-5-7-16(12-15)25-3/h5-7,12H,4,8-11,13-14H2,1-3H3. The van der Waals surface area contributed by atoms with Crippen LogP contribution in [0.1, 0.15) is 26.7 Å². The summed E-state index contributed by atoms with van der Waals surface area (Å²) in [5.74, 6) is 0.798. The van der Waals surface area contributed by atoms with Gasteiger partial charge < -0.3 is 9.64 Å². The Hall–Kier alpha value is -2.08. The predicted octanol–water partition coefficient (Wildman–Crippen LogP) is 1.95. The van der Waals surface area contributed by atoms with Crippen molar-refractivity contribution in [3.8, 4) is 5.75 Å². The second-order valence-electron chi connectivity index (χ2n) is 7.17. The summed E-state index contributed by atoms with van der Waals surface area (Å²) in [6, 6.07) is 8.05. The molecule has 0 bridgehead atoms. The van der Waals surface area contributed by atoms with Crippen molar-refractivity contribution < 1.29 is 14.3 Å². The summed E-state index contributed by atoms with van der Waals surface area (Å²) < 4.78 is 5.29. The van der Waals surface area contributed by atoms with Crippen molar-refractivity contribution in [2.24, 2.45) is 5.41 Å². The van der Waals surface area contributed by atoms with Crippen molar-refractivity contribution in [1.29, 1.82) is 0 Å². The summed E-state index contributed by atoms with van der Waals surface area (Å²) in [5, 5.41) is 0. The molecule has 2 fully saturated rings. The zero-order chi connectivity index (χ0) is 18.0. The summed E-state index contributed by atoms with van der Waals surface area (Å²) in [6.45, 7) is 7.69. The van der Waals surface area contributed by atoms with Crippen LogP contribution in [0.4, 0.5) is 5.69 Å². The van der Waals surface area contributed by atoms with E-state index in [1.54, 1.807) is 7.11 Å². The number of amides is 2. The first kappa shape index (κ1) is 17.7. The van der Waals surface area contributed by atoms with Gasteiger partial charge in [0.2, 0.25) is 11.8 Å². The minimum atomic E-state index is -0.514. The Morgan fingerprint density at radius 3 is 2.48 bits per heavy atom. The number of nitrogens with zero attached hydrogens (tertiary/aromatic N) is 3. The minimum Gasteiger partial charge on any atom is -0.497 e. The van der Waals surface area contributed by atoms with E-state index in [-0.39, 0.29) is 11.8 Å². The Morgan fingerprint density at radius 1 is 1.16 bits per heavy atom. The lowest BCUT2D eigenvalue weighted by molar-refractivity contribution is -0.143. The van der Waals surface area contributed by atoms with Crippen LogP contribution >= 0.6 is 0 Å². The average molecular weight is 345 g/mol. The number of imide groups is 1. The molecule has 0 aliphatic carbocycles. The van der Waals surface area contributed by atoms with E-state index in [4.69, 9.17) is 4.74 Å². The largest absolute Gasteiger partial charge is 0.497 e. The van der Waals surface area contributed by atoms with E-state index in [1.807, 2.05) is 32.0 Å². The van der Waals surface area contributed by atoms with Crippen molar-refractivity contribution in [2.45, 2.75) is 26.7 Å². The molecule has 6 heteroatoms. The molecule has 2 saturated heterocycles. The first-order valence-corrected chi connectivity index (χ1v) is 8.93. The lowest BCUT2D eigenvalue weighted by Gasteiger charge is -2.37. The number of anilines is 1. The number of carbonyl (C=O) groups excluding carboxylic acids is 2. The van der Waals surface area contributed by atoms with E-state index in [2.05, 4.69) is 15.9 Å². The van der Waals surface area contributed by atoms with Gasteiger partial charge in [0.05, 0.1) is 19.2 Å². The Balaban J connectivity index is 1.58. The van der Waals surface area contributed by atoms with Crippen LogP contribution in [0.15, 0.2) is 24.3 Å². The topological polar surface area (TPSA) is 53.1 Å².